The number of hydrogen-bond donors (Lipinski definition) is 2. The van der Waals surface area contributed by atoms with Crippen LogP contribution in [0.2, 0.25) is 0 Å². The number of hydrogen-bond acceptors (Lipinski definition) is 4. The predicted molar refractivity (Wildman–Crippen MR) is 91.4 cm³/mol. The van der Waals surface area contributed by atoms with Crippen LogP contribution in [0.4, 0.5) is 4.79 Å². The van der Waals surface area contributed by atoms with Gasteiger partial charge in [-0.3, -0.25) is 4.79 Å². The van der Waals surface area contributed by atoms with Crippen molar-refractivity contribution in [2.24, 2.45) is 5.41 Å². The summed E-state index contributed by atoms with van der Waals surface area (Å²) in [6.45, 7) is 11.8. The van der Waals surface area contributed by atoms with Crippen molar-refractivity contribution < 1.29 is 19.1 Å². The third-order valence-corrected chi connectivity index (χ3v) is 3.89. The third kappa shape index (κ3) is 5.39. The van der Waals surface area contributed by atoms with Gasteiger partial charge in [0, 0.05) is 12.1 Å². The van der Waals surface area contributed by atoms with Gasteiger partial charge in [0.05, 0.1) is 7.11 Å². The summed E-state index contributed by atoms with van der Waals surface area (Å²) in [5.74, 6) is -0.660. The fraction of sp³-hybridized carbons (Fsp3) is 0.824. The van der Waals surface area contributed by atoms with Gasteiger partial charge in [-0.15, -0.1) is 0 Å². The number of nitrogens with one attached hydrogen (secondary N) is 2. The monoisotopic (exact) mass is 341 g/mol. The molecule has 0 saturated carbocycles. The molecule has 0 radical (unpaired) electrons. The highest BCUT2D eigenvalue weighted by molar-refractivity contribution is 5.91. The zero-order valence-corrected chi connectivity index (χ0v) is 15.9. The summed E-state index contributed by atoms with van der Waals surface area (Å²) in [6.07, 6.45) is 1.33. The lowest BCUT2D eigenvalue weighted by atomic mass is 9.85. The number of nitrogens with zero attached hydrogens (tertiary/aromatic N) is 1. The van der Waals surface area contributed by atoms with Crippen molar-refractivity contribution in [3.8, 4) is 0 Å². The van der Waals surface area contributed by atoms with Gasteiger partial charge in [-0.05, 0) is 39.0 Å². The van der Waals surface area contributed by atoms with Crippen LogP contribution in [-0.4, -0.2) is 54.1 Å². The van der Waals surface area contributed by atoms with Crippen LogP contribution in [0.3, 0.4) is 0 Å². The molecule has 1 aliphatic rings. The summed E-state index contributed by atoms with van der Waals surface area (Å²) in [6, 6.07) is -1.70. The molecule has 1 rings (SSSR count). The summed E-state index contributed by atoms with van der Waals surface area (Å²) >= 11 is 0. The highest BCUT2D eigenvalue weighted by atomic mass is 16.5. The summed E-state index contributed by atoms with van der Waals surface area (Å²) in [5, 5.41) is 5.57. The lowest BCUT2D eigenvalue weighted by Gasteiger charge is -2.35. The number of urea groups is 1. The van der Waals surface area contributed by atoms with Crippen molar-refractivity contribution in [2.75, 3.05) is 13.7 Å². The van der Waals surface area contributed by atoms with E-state index in [0.717, 1.165) is 6.42 Å². The van der Waals surface area contributed by atoms with Crippen LogP contribution in [0.1, 0.15) is 54.4 Å². The molecule has 2 atom stereocenters. The molecule has 0 bridgehead atoms. The standard InChI is InChI=1S/C17H31N3O4/c1-16(2,3)12(18-15(23)19-17(4,5)6)13(21)20-10-8-9-11(20)14(22)24-7/h11-12H,8-10H2,1-7H3,(H2,18,19,23)/t11-,12?/m0/s1. The molecule has 24 heavy (non-hydrogen) atoms. The average Bonchev–Trinajstić information content (AvgIpc) is 2.89. The number of rotatable bonds is 3. The Morgan fingerprint density at radius 3 is 2.17 bits per heavy atom. The van der Waals surface area contributed by atoms with Gasteiger partial charge in [0.2, 0.25) is 5.91 Å². The van der Waals surface area contributed by atoms with E-state index in [2.05, 4.69) is 10.6 Å². The van der Waals surface area contributed by atoms with Crippen LogP contribution in [0.25, 0.3) is 0 Å². The number of carbonyl (C=O) groups excluding carboxylic acids is 3. The third-order valence-electron chi connectivity index (χ3n) is 3.89. The second kappa shape index (κ2) is 7.40. The lowest BCUT2D eigenvalue weighted by Crippen LogP contribution is -2.59. The van der Waals surface area contributed by atoms with E-state index in [0.29, 0.717) is 13.0 Å². The highest BCUT2D eigenvalue weighted by Gasteiger charge is 2.42. The molecule has 3 amide bonds. The number of methoxy groups -OCH3 is 1. The first-order valence-corrected chi connectivity index (χ1v) is 8.34. The molecule has 1 aliphatic heterocycles. The SMILES string of the molecule is COC(=O)[C@@H]1CCCN1C(=O)C(NC(=O)NC(C)(C)C)C(C)(C)C. The van der Waals surface area contributed by atoms with Gasteiger partial charge in [-0.2, -0.15) is 0 Å². The van der Waals surface area contributed by atoms with Gasteiger partial charge >= 0.3 is 12.0 Å². The van der Waals surface area contributed by atoms with Crippen molar-refractivity contribution in [1.82, 2.24) is 15.5 Å². The van der Waals surface area contributed by atoms with E-state index in [4.69, 9.17) is 4.74 Å². The van der Waals surface area contributed by atoms with E-state index in [1.54, 1.807) is 0 Å². The van der Waals surface area contributed by atoms with Crippen LogP contribution in [-0.2, 0) is 14.3 Å². The first-order chi connectivity index (χ1) is 10.9. The lowest BCUT2D eigenvalue weighted by molar-refractivity contribution is -0.152. The van der Waals surface area contributed by atoms with Crippen molar-refractivity contribution >= 4 is 17.9 Å². The largest absolute Gasteiger partial charge is 0.467 e. The molecule has 7 nitrogen and oxygen atoms in total. The van der Waals surface area contributed by atoms with Gasteiger partial charge in [0.25, 0.3) is 0 Å². The fourth-order valence-electron chi connectivity index (χ4n) is 2.73. The summed E-state index contributed by atoms with van der Waals surface area (Å²) in [5.41, 5.74) is -0.896. The fourth-order valence-corrected chi connectivity index (χ4v) is 2.73. The molecule has 0 spiro atoms. The van der Waals surface area contributed by atoms with Gasteiger partial charge in [-0.25, -0.2) is 9.59 Å². The molecule has 1 heterocycles. The van der Waals surface area contributed by atoms with E-state index in [1.165, 1.54) is 12.0 Å². The minimum absolute atomic E-state index is 0.251. The zero-order chi connectivity index (χ0) is 18.7. The maximum atomic E-state index is 13.0. The Kier molecular flexibility index (Phi) is 6.25. The minimum Gasteiger partial charge on any atom is -0.467 e. The molecule has 0 aromatic rings. The Morgan fingerprint density at radius 2 is 1.71 bits per heavy atom. The number of esters is 1. The molecular weight excluding hydrogens is 310 g/mol. The predicted octanol–water partition coefficient (Wildman–Crippen LogP) is 1.66. The normalized spacial score (nSPS) is 19.6. The summed E-state index contributed by atoms with van der Waals surface area (Å²) < 4.78 is 4.79. The Hall–Kier alpha value is -1.79. The first-order valence-electron chi connectivity index (χ1n) is 8.34. The van der Waals surface area contributed by atoms with Gasteiger partial charge in [0.1, 0.15) is 12.1 Å². The molecule has 0 aliphatic carbocycles. The summed E-state index contributed by atoms with van der Waals surface area (Å²) in [7, 11) is 1.32. The Balaban J connectivity index is 2.94. The smallest absolute Gasteiger partial charge is 0.328 e. The second-order valence-corrected chi connectivity index (χ2v) is 8.36. The Labute approximate surface area is 144 Å². The van der Waals surface area contributed by atoms with Gasteiger partial charge in [-0.1, -0.05) is 20.8 Å². The molecule has 138 valence electrons. The van der Waals surface area contributed by atoms with E-state index in [9.17, 15) is 14.4 Å². The van der Waals surface area contributed by atoms with Crippen molar-refractivity contribution in [1.29, 1.82) is 0 Å². The maximum absolute atomic E-state index is 13.0. The number of carbonyl (C=O) groups is 3. The molecule has 1 fully saturated rings. The second-order valence-electron chi connectivity index (χ2n) is 8.36. The zero-order valence-electron chi connectivity index (χ0n) is 15.9. The van der Waals surface area contributed by atoms with E-state index in [-0.39, 0.29) is 5.91 Å². The Bertz CT molecular complexity index is 491. The van der Waals surface area contributed by atoms with Crippen LogP contribution in [0.5, 0.6) is 0 Å². The van der Waals surface area contributed by atoms with Gasteiger partial charge < -0.3 is 20.3 Å². The van der Waals surface area contributed by atoms with E-state index in [1.807, 2.05) is 41.5 Å². The molecule has 0 aromatic carbocycles. The van der Waals surface area contributed by atoms with Crippen LogP contribution in [0, 0.1) is 5.41 Å². The van der Waals surface area contributed by atoms with E-state index >= 15 is 0 Å². The molecule has 1 unspecified atom stereocenters. The number of likely N-dealkylation sites (tertiary alicyclic amines) is 1. The quantitative estimate of drug-likeness (QED) is 0.764. The van der Waals surface area contributed by atoms with Crippen LogP contribution < -0.4 is 10.6 Å². The van der Waals surface area contributed by atoms with Crippen LogP contribution in [0.15, 0.2) is 0 Å². The molecule has 1 saturated heterocycles. The van der Waals surface area contributed by atoms with Crippen molar-refractivity contribution in [3.05, 3.63) is 0 Å². The van der Waals surface area contributed by atoms with Crippen LogP contribution >= 0.6 is 0 Å². The Morgan fingerprint density at radius 1 is 1.12 bits per heavy atom. The average molecular weight is 341 g/mol. The molecular formula is C17H31N3O4. The highest BCUT2D eigenvalue weighted by Crippen LogP contribution is 2.26. The minimum atomic E-state index is -0.731. The molecule has 7 heteroatoms. The molecule has 2 N–H and O–H groups in total. The van der Waals surface area contributed by atoms with Crippen molar-refractivity contribution in [2.45, 2.75) is 72.0 Å². The maximum Gasteiger partial charge on any atom is 0.328 e. The first kappa shape index (κ1) is 20.3. The van der Waals surface area contributed by atoms with Crippen molar-refractivity contribution in [3.63, 3.8) is 0 Å². The van der Waals surface area contributed by atoms with Gasteiger partial charge in [0.15, 0.2) is 0 Å². The summed E-state index contributed by atoms with van der Waals surface area (Å²) in [4.78, 5) is 38.6. The number of amides is 3. The molecule has 0 aromatic heterocycles. The van der Waals surface area contributed by atoms with E-state index < -0.39 is 35.0 Å². The topological polar surface area (TPSA) is 87.7 Å². The number of ether oxygens (including phenoxy) is 1.